The summed E-state index contributed by atoms with van der Waals surface area (Å²) in [6.45, 7) is 3.05. The van der Waals surface area contributed by atoms with Crippen molar-refractivity contribution in [2.24, 2.45) is 0 Å². The molecule has 2 amide bonds. The van der Waals surface area contributed by atoms with E-state index >= 15 is 0 Å². The predicted molar refractivity (Wildman–Crippen MR) is 80.4 cm³/mol. The van der Waals surface area contributed by atoms with E-state index in [-0.39, 0.29) is 6.61 Å². The standard InChI is InChI=1S/C16H15N3O4/c1-10-7-13(11(2)23-10)16(21)19-18-15(20)9-22-14-6-4-3-5-12(14)8-17/h3-7H,9H2,1-2H3,(H,18,20)(H,19,21). The maximum atomic E-state index is 11.9. The summed E-state index contributed by atoms with van der Waals surface area (Å²) in [5.41, 5.74) is 5.18. The number of hydrogen-bond donors (Lipinski definition) is 2. The van der Waals surface area contributed by atoms with E-state index in [2.05, 4.69) is 10.9 Å². The molecule has 7 heteroatoms. The number of amides is 2. The number of rotatable bonds is 4. The van der Waals surface area contributed by atoms with E-state index in [0.29, 0.717) is 28.4 Å². The van der Waals surface area contributed by atoms with E-state index < -0.39 is 11.8 Å². The highest BCUT2D eigenvalue weighted by molar-refractivity contribution is 5.96. The molecule has 0 saturated heterocycles. The molecule has 0 aliphatic heterocycles. The maximum Gasteiger partial charge on any atom is 0.276 e. The van der Waals surface area contributed by atoms with Crippen LogP contribution in [0.25, 0.3) is 0 Å². The molecule has 1 aromatic carbocycles. The highest BCUT2D eigenvalue weighted by Gasteiger charge is 2.14. The van der Waals surface area contributed by atoms with Gasteiger partial charge in [-0.25, -0.2) is 0 Å². The van der Waals surface area contributed by atoms with Gasteiger partial charge in [-0.1, -0.05) is 12.1 Å². The van der Waals surface area contributed by atoms with Crippen LogP contribution in [0.3, 0.4) is 0 Å². The summed E-state index contributed by atoms with van der Waals surface area (Å²) in [5, 5.41) is 8.92. The second-order valence-corrected chi connectivity index (χ2v) is 4.73. The zero-order valence-corrected chi connectivity index (χ0v) is 12.7. The fourth-order valence-electron chi connectivity index (χ4n) is 1.91. The lowest BCUT2D eigenvalue weighted by atomic mass is 10.2. The Hall–Kier alpha value is -3.27. The highest BCUT2D eigenvalue weighted by atomic mass is 16.5. The molecular weight excluding hydrogens is 298 g/mol. The number of benzene rings is 1. The second-order valence-electron chi connectivity index (χ2n) is 4.73. The first-order valence-corrected chi connectivity index (χ1v) is 6.79. The Balaban J connectivity index is 1.85. The normalized spacial score (nSPS) is 9.78. The van der Waals surface area contributed by atoms with Crippen LogP contribution in [0.4, 0.5) is 0 Å². The molecule has 0 saturated carbocycles. The van der Waals surface area contributed by atoms with Gasteiger partial charge in [-0.2, -0.15) is 5.26 Å². The SMILES string of the molecule is Cc1cc(C(=O)NNC(=O)COc2ccccc2C#N)c(C)o1. The van der Waals surface area contributed by atoms with Crippen LogP contribution in [0.5, 0.6) is 5.75 Å². The monoisotopic (exact) mass is 313 g/mol. The maximum absolute atomic E-state index is 11.9. The van der Waals surface area contributed by atoms with E-state index in [1.165, 1.54) is 0 Å². The lowest BCUT2D eigenvalue weighted by Crippen LogP contribution is -2.43. The first-order chi connectivity index (χ1) is 11.0. The first-order valence-electron chi connectivity index (χ1n) is 6.79. The third-order valence-electron chi connectivity index (χ3n) is 2.97. The largest absolute Gasteiger partial charge is 0.482 e. The van der Waals surface area contributed by atoms with Crippen molar-refractivity contribution < 1.29 is 18.7 Å². The van der Waals surface area contributed by atoms with Gasteiger partial charge in [0.25, 0.3) is 11.8 Å². The van der Waals surface area contributed by atoms with Crippen LogP contribution in [0.15, 0.2) is 34.7 Å². The van der Waals surface area contributed by atoms with E-state index in [1.54, 1.807) is 44.2 Å². The number of nitriles is 1. The zero-order chi connectivity index (χ0) is 16.8. The molecule has 0 spiro atoms. The average Bonchev–Trinajstić information content (AvgIpc) is 2.89. The summed E-state index contributed by atoms with van der Waals surface area (Å²) >= 11 is 0. The number of carbonyl (C=O) groups excluding carboxylic acids is 2. The Labute approximate surface area is 132 Å². The third kappa shape index (κ3) is 4.11. The van der Waals surface area contributed by atoms with E-state index in [1.807, 2.05) is 6.07 Å². The summed E-state index contributed by atoms with van der Waals surface area (Å²) in [4.78, 5) is 23.6. The molecule has 0 aliphatic rings. The van der Waals surface area contributed by atoms with Gasteiger partial charge in [0, 0.05) is 0 Å². The van der Waals surface area contributed by atoms with Crippen LogP contribution >= 0.6 is 0 Å². The minimum absolute atomic E-state index is 0.304. The molecular formula is C16H15N3O4. The molecule has 0 aliphatic carbocycles. The number of furan rings is 1. The number of hydrazine groups is 1. The van der Waals surface area contributed by atoms with Crippen LogP contribution in [0.2, 0.25) is 0 Å². The van der Waals surface area contributed by atoms with Gasteiger partial charge in [0.05, 0.1) is 11.1 Å². The van der Waals surface area contributed by atoms with Crippen molar-refractivity contribution >= 4 is 11.8 Å². The van der Waals surface area contributed by atoms with Gasteiger partial charge in [-0.3, -0.25) is 20.4 Å². The van der Waals surface area contributed by atoms with Crippen molar-refractivity contribution in [1.29, 1.82) is 5.26 Å². The summed E-state index contributed by atoms with van der Waals surface area (Å²) in [5.74, 6) is 0.343. The molecule has 0 unspecified atom stereocenters. The Morgan fingerprint density at radius 2 is 2.00 bits per heavy atom. The van der Waals surface area contributed by atoms with Gasteiger partial charge >= 0.3 is 0 Å². The van der Waals surface area contributed by atoms with Gasteiger partial charge in [0.2, 0.25) is 0 Å². The van der Waals surface area contributed by atoms with Gasteiger partial charge in [0.15, 0.2) is 6.61 Å². The topological polar surface area (TPSA) is 104 Å². The van der Waals surface area contributed by atoms with Gasteiger partial charge in [0.1, 0.15) is 23.3 Å². The van der Waals surface area contributed by atoms with Crippen molar-refractivity contribution in [2.45, 2.75) is 13.8 Å². The summed E-state index contributed by atoms with van der Waals surface area (Å²) in [6.07, 6.45) is 0. The van der Waals surface area contributed by atoms with E-state index in [0.717, 1.165) is 0 Å². The number of aryl methyl sites for hydroxylation is 2. The number of carbonyl (C=O) groups is 2. The van der Waals surface area contributed by atoms with Gasteiger partial charge in [-0.05, 0) is 32.0 Å². The molecule has 23 heavy (non-hydrogen) atoms. The fraction of sp³-hybridized carbons (Fsp3) is 0.188. The van der Waals surface area contributed by atoms with Crippen molar-refractivity contribution in [1.82, 2.24) is 10.9 Å². The number of hydrogen-bond acceptors (Lipinski definition) is 5. The van der Waals surface area contributed by atoms with Crippen LogP contribution < -0.4 is 15.6 Å². The Morgan fingerprint density at radius 1 is 1.26 bits per heavy atom. The summed E-state index contributed by atoms with van der Waals surface area (Å²) in [7, 11) is 0. The molecule has 2 rings (SSSR count). The van der Waals surface area contributed by atoms with Crippen LogP contribution in [-0.2, 0) is 4.79 Å². The van der Waals surface area contributed by atoms with Crippen molar-refractivity contribution in [2.75, 3.05) is 6.61 Å². The molecule has 1 heterocycles. The third-order valence-corrected chi connectivity index (χ3v) is 2.97. The molecule has 2 N–H and O–H groups in total. The van der Waals surface area contributed by atoms with Crippen LogP contribution in [0.1, 0.15) is 27.4 Å². The Kier molecular flexibility index (Phi) is 5.00. The van der Waals surface area contributed by atoms with Gasteiger partial charge in [-0.15, -0.1) is 0 Å². The molecule has 0 bridgehead atoms. The second kappa shape index (κ2) is 7.13. The van der Waals surface area contributed by atoms with Crippen LogP contribution in [0, 0.1) is 25.2 Å². The fourth-order valence-corrected chi connectivity index (χ4v) is 1.91. The Morgan fingerprint density at radius 3 is 2.65 bits per heavy atom. The van der Waals surface area contributed by atoms with E-state index in [9.17, 15) is 9.59 Å². The molecule has 0 atom stereocenters. The molecule has 2 aromatic rings. The van der Waals surface area contributed by atoms with Crippen molar-refractivity contribution in [3.8, 4) is 11.8 Å². The summed E-state index contributed by atoms with van der Waals surface area (Å²) < 4.78 is 10.5. The predicted octanol–water partition coefficient (Wildman–Crippen LogP) is 1.61. The van der Waals surface area contributed by atoms with Crippen molar-refractivity contribution in [3.63, 3.8) is 0 Å². The zero-order valence-electron chi connectivity index (χ0n) is 12.7. The van der Waals surface area contributed by atoms with Gasteiger partial charge < -0.3 is 9.15 Å². The molecule has 0 fully saturated rings. The minimum atomic E-state index is -0.552. The number of nitrogens with zero attached hydrogens (tertiary/aromatic N) is 1. The van der Waals surface area contributed by atoms with Crippen LogP contribution in [-0.4, -0.2) is 18.4 Å². The highest BCUT2D eigenvalue weighted by Crippen LogP contribution is 2.16. The number of ether oxygens (including phenoxy) is 1. The Bertz CT molecular complexity index is 774. The smallest absolute Gasteiger partial charge is 0.276 e. The van der Waals surface area contributed by atoms with Crippen molar-refractivity contribution in [3.05, 3.63) is 53.0 Å². The average molecular weight is 313 g/mol. The number of nitrogens with one attached hydrogen (secondary N) is 2. The lowest BCUT2D eigenvalue weighted by Gasteiger charge is -2.09. The number of para-hydroxylation sites is 1. The lowest BCUT2D eigenvalue weighted by molar-refractivity contribution is -0.123. The van der Waals surface area contributed by atoms with E-state index in [4.69, 9.17) is 14.4 Å². The molecule has 0 radical (unpaired) electrons. The molecule has 7 nitrogen and oxygen atoms in total. The minimum Gasteiger partial charge on any atom is -0.482 e. The summed E-state index contributed by atoms with van der Waals surface area (Å²) in [6, 6.07) is 10.1. The first kappa shape index (κ1) is 16.1. The molecule has 118 valence electrons. The molecule has 1 aromatic heterocycles. The quantitative estimate of drug-likeness (QED) is 0.834.